The molecule has 0 spiro atoms. The second-order valence-electron chi connectivity index (χ2n) is 9.32. The number of thioether (sulfide) groups is 1. The van der Waals surface area contributed by atoms with Gasteiger partial charge in [0, 0.05) is 17.7 Å². The van der Waals surface area contributed by atoms with Crippen LogP contribution in [0.4, 0.5) is 11.4 Å². The van der Waals surface area contributed by atoms with Crippen LogP contribution < -0.4 is 10.6 Å². The van der Waals surface area contributed by atoms with Gasteiger partial charge in [0.25, 0.3) is 5.91 Å². The van der Waals surface area contributed by atoms with E-state index in [4.69, 9.17) is 14.4 Å². The van der Waals surface area contributed by atoms with Crippen molar-refractivity contribution in [2.45, 2.75) is 50.9 Å². The Morgan fingerprint density at radius 1 is 1.13 bits per heavy atom. The van der Waals surface area contributed by atoms with Crippen molar-refractivity contribution in [2.75, 3.05) is 5.32 Å². The first-order valence-corrected chi connectivity index (χ1v) is 13.7. The number of aryl methyl sites for hydroxylation is 1. The maximum atomic E-state index is 13.6. The number of nitrogens with one attached hydrogen (secondary N) is 2. The zero-order valence-corrected chi connectivity index (χ0v) is 22.5. The Kier molecular flexibility index (Phi) is 7.92. The van der Waals surface area contributed by atoms with Gasteiger partial charge >= 0.3 is 0 Å². The van der Waals surface area contributed by atoms with Crippen LogP contribution in [0.25, 0.3) is 0 Å². The molecule has 9 nitrogen and oxygen atoms in total. The van der Waals surface area contributed by atoms with E-state index in [2.05, 4.69) is 10.6 Å². The van der Waals surface area contributed by atoms with Crippen LogP contribution >= 0.6 is 11.8 Å². The van der Waals surface area contributed by atoms with Crippen molar-refractivity contribution in [3.8, 4) is 0 Å². The standard InChI is InChI=1S/C29H29N5O4S/c1-3-24(27(36)31-19-9-6-8-18(2)16-19)39-29-33-22-12-5-4-11-21(22)26-32-23(28(37)34(26)29)13-14-25(35)30-17-20-10-7-15-38-20/h4-12,15-16,23-24H,3,13-14,17H2,1-2H3,(H,30,35)(H,31,36)/t23-,24+/m0/s1. The van der Waals surface area contributed by atoms with E-state index in [9.17, 15) is 14.4 Å². The predicted octanol–water partition coefficient (Wildman–Crippen LogP) is 4.79. The van der Waals surface area contributed by atoms with Crippen LogP contribution in [-0.2, 0) is 20.9 Å². The number of furan rings is 1. The average Bonchev–Trinajstić information content (AvgIpc) is 3.57. The molecule has 0 unspecified atom stereocenters. The number of anilines is 1. The Morgan fingerprint density at radius 3 is 2.74 bits per heavy atom. The van der Waals surface area contributed by atoms with Gasteiger partial charge < -0.3 is 15.1 Å². The normalized spacial score (nSPS) is 16.6. The van der Waals surface area contributed by atoms with Crippen LogP contribution in [0.1, 0.15) is 43.1 Å². The van der Waals surface area contributed by atoms with E-state index in [1.54, 1.807) is 18.4 Å². The molecule has 2 N–H and O–H groups in total. The van der Waals surface area contributed by atoms with Crippen LogP contribution in [0.3, 0.4) is 0 Å². The van der Waals surface area contributed by atoms with E-state index in [0.717, 1.165) is 16.8 Å². The van der Waals surface area contributed by atoms with Crippen LogP contribution in [0.2, 0.25) is 0 Å². The molecule has 2 aliphatic heterocycles. The fraction of sp³-hybridized carbons (Fsp3) is 0.276. The minimum absolute atomic E-state index is 0.138. The molecule has 2 aliphatic rings. The van der Waals surface area contributed by atoms with Gasteiger partial charge in [-0.3, -0.25) is 19.4 Å². The number of aliphatic imine (C=N–C) groups is 2. The van der Waals surface area contributed by atoms with Crippen LogP contribution in [0.15, 0.2) is 81.3 Å². The van der Waals surface area contributed by atoms with E-state index in [1.807, 2.05) is 62.4 Å². The predicted molar refractivity (Wildman–Crippen MR) is 152 cm³/mol. The summed E-state index contributed by atoms with van der Waals surface area (Å²) in [6.07, 6.45) is 2.49. The molecule has 5 rings (SSSR count). The molecule has 0 saturated heterocycles. The summed E-state index contributed by atoms with van der Waals surface area (Å²) in [5.74, 6) is 0.557. The number of carbonyl (C=O) groups excluding carboxylic acids is 3. The first-order valence-electron chi connectivity index (χ1n) is 12.9. The highest BCUT2D eigenvalue weighted by Gasteiger charge is 2.42. The third-order valence-corrected chi connectivity index (χ3v) is 7.75. The Morgan fingerprint density at radius 2 is 1.97 bits per heavy atom. The summed E-state index contributed by atoms with van der Waals surface area (Å²) in [6, 6.07) is 17.9. The summed E-state index contributed by atoms with van der Waals surface area (Å²) in [5, 5.41) is 5.71. The van der Waals surface area contributed by atoms with Crippen molar-refractivity contribution in [3.63, 3.8) is 0 Å². The van der Waals surface area contributed by atoms with Gasteiger partial charge in [0.1, 0.15) is 17.6 Å². The molecule has 1 aromatic heterocycles. The number of rotatable bonds is 9. The molecule has 39 heavy (non-hydrogen) atoms. The first-order chi connectivity index (χ1) is 18.9. The maximum Gasteiger partial charge on any atom is 0.259 e. The Balaban J connectivity index is 1.31. The Labute approximate surface area is 230 Å². The van der Waals surface area contributed by atoms with Crippen molar-refractivity contribution in [2.24, 2.45) is 9.98 Å². The van der Waals surface area contributed by atoms with E-state index in [1.165, 1.54) is 16.7 Å². The molecule has 2 atom stereocenters. The number of amidine groups is 2. The lowest BCUT2D eigenvalue weighted by atomic mass is 10.1. The van der Waals surface area contributed by atoms with Crippen molar-refractivity contribution >= 4 is 51.9 Å². The van der Waals surface area contributed by atoms with Gasteiger partial charge in [0.2, 0.25) is 11.8 Å². The molecular formula is C29H29N5O4S. The fourth-order valence-electron chi connectivity index (χ4n) is 4.42. The molecule has 200 valence electrons. The molecule has 0 aliphatic carbocycles. The number of benzene rings is 2. The van der Waals surface area contributed by atoms with Gasteiger partial charge in [-0.15, -0.1) is 0 Å². The quantitative estimate of drug-likeness (QED) is 0.402. The summed E-state index contributed by atoms with van der Waals surface area (Å²) >= 11 is 1.25. The second kappa shape index (κ2) is 11.7. The van der Waals surface area contributed by atoms with E-state index >= 15 is 0 Å². The number of carbonyl (C=O) groups is 3. The summed E-state index contributed by atoms with van der Waals surface area (Å²) < 4.78 is 5.24. The van der Waals surface area contributed by atoms with E-state index < -0.39 is 11.3 Å². The number of para-hydroxylation sites is 1. The van der Waals surface area contributed by atoms with Gasteiger partial charge in [-0.25, -0.2) is 9.89 Å². The molecule has 0 fully saturated rings. The molecular weight excluding hydrogens is 514 g/mol. The SMILES string of the molecule is CC[C@@H](SC1=Nc2ccccc2C2=N[C@@H](CCC(=O)NCc3ccco3)C(=O)N12)C(=O)Nc1cccc(C)c1. The molecule has 0 radical (unpaired) electrons. The van der Waals surface area contributed by atoms with Gasteiger partial charge in [-0.2, -0.15) is 0 Å². The van der Waals surface area contributed by atoms with Gasteiger partial charge in [0.15, 0.2) is 5.17 Å². The van der Waals surface area contributed by atoms with Gasteiger partial charge in [-0.05, 0) is 61.7 Å². The number of hydrogen-bond acceptors (Lipinski definition) is 7. The van der Waals surface area contributed by atoms with Crippen molar-refractivity contribution < 1.29 is 18.8 Å². The summed E-state index contributed by atoms with van der Waals surface area (Å²) in [4.78, 5) is 50.1. The molecule has 3 heterocycles. The highest BCUT2D eigenvalue weighted by Crippen LogP contribution is 2.36. The lowest BCUT2D eigenvalue weighted by Crippen LogP contribution is -2.42. The third-order valence-electron chi connectivity index (χ3n) is 6.43. The van der Waals surface area contributed by atoms with Crippen molar-refractivity contribution in [1.29, 1.82) is 0 Å². The minimum atomic E-state index is -0.715. The number of nitrogens with zero attached hydrogens (tertiary/aromatic N) is 3. The fourth-order valence-corrected chi connectivity index (χ4v) is 5.44. The first kappa shape index (κ1) is 26.4. The monoisotopic (exact) mass is 543 g/mol. The number of hydrogen-bond donors (Lipinski definition) is 2. The highest BCUT2D eigenvalue weighted by molar-refractivity contribution is 8.15. The highest BCUT2D eigenvalue weighted by atomic mass is 32.2. The van der Waals surface area contributed by atoms with E-state index in [0.29, 0.717) is 28.9 Å². The number of fused-ring (bicyclic) bond motifs is 3. The zero-order chi connectivity index (χ0) is 27.4. The Bertz CT molecular complexity index is 1450. The molecule has 0 saturated carbocycles. The molecule has 3 aromatic rings. The summed E-state index contributed by atoms with van der Waals surface area (Å²) in [5.41, 5.74) is 3.21. The second-order valence-corrected chi connectivity index (χ2v) is 10.5. The topological polar surface area (TPSA) is 116 Å². The van der Waals surface area contributed by atoms with Crippen LogP contribution in [0, 0.1) is 6.92 Å². The molecule has 2 aromatic carbocycles. The van der Waals surface area contributed by atoms with Gasteiger partial charge in [0.05, 0.1) is 23.7 Å². The smallest absolute Gasteiger partial charge is 0.259 e. The number of amides is 3. The zero-order valence-electron chi connectivity index (χ0n) is 21.7. The van der Waals surface area contributed by atoms with Crippen molar-refractivity contribution in [1.82, 2.24) is 10.2 Å². The van der Waals surface area contributed by atoms with Crippen LogP contribution in [-0.4, -0.2) is 44.9 Å². The maximum absolute atomic E-state index is 13.6. The van der Waals surface area contributed by atoms with Crippen LogP contribution in [0.5, 0.6) is 0 Å². The molecule has 10 heteroatoms. The van der Waals surface area contributed by atoms with Crippen molar-refractivity contribution in [3.05, 3.63) is 83.8 Å². The molecule has 0 bridgehead atoms. The van der Waals surface area contributed by atoms with E-state index in [-0.39, 0.29) is 37.1 Å². The lowest BCUT2D eigenvalue weighted by Gasteiger charge is -2.27. The summed E-state index contributed by atoms with van der Waals surface area (Å²) in [7, 11) is 0. The average molecular weight is 544 g/mol. The minimum Gasteiger partial charge on any atom is -0.467 e. The third kappa shape index (κ3) is 5.96. The van der Waals surface area contributed by atoms with Gasteiger partial charge in [-0.1, -0.05) is 43.0 Å². The lowest BCUT2D eigenvalue weighted by molar-refractivity contribution is -0.125. The molecule has 3 amide bonds. The largest absolute Gasteiger partial charge is 0.467 e. The summed E-state index contributed by atoms with van der Waals surface area (Å²) in [6.45, 7) is 4.18. The Hall–Kier alpha value is -4.18.